The van der Waals surface area contributed by atoms with Crippen LogP contribution in [-0.2, 0) is 4.79 Å². The summed E-state index contributed by atoms with van der Waals surface area (Å²) < 4.78 is 0. The molecule has 5 heteroatoms. The van der Waals surface area contributed by atoms with Gasteiger partial charge in [-0.25, -0.2) is 0 Å². The molecular formula is C9H18N2O2S. The van der Waals surface area contributed by atoms with Crippen molar-refractivity contribution in [2.75, 3.05) is 32.1 Å². The molecule has 1 rings (SSSR count). The molecule has 2 unspecified atom stereocenters. The van der Waals surface area contributed by atoms with Crippen LogP contribution in [0.2, 0.25) is 0 Å². The van der Waals surface area contributed by atoms with E-state index in [1.807, 2.05) is 6.26 Å². The third-order valence-electron chi connectivity index (χ3n) is 2.56. The number of aliphatic hydroxyl groups is 1. The van der Waals surface area contributed by atoms with E-state index in [9.17, 15) is 9.90 Å². The highest BCUT2D eigenvalue weighted by atomic mass is 32.2. The molecule has 1 saturated heterocycles. The Morgan fingerprint density at radius 2 is 2.36 bits per heavy atom. The van der Waals surface area contributed by atoms with Crippen LogP contribution in [0.25, 0.3) is 0 Å². The van der Waals surface area contributed by atoms with E-state index in [1.54, 1.807) is 23.7 Å². The second-order valence-electron chi connectivity index (χ2n) is 3.54. The summed E-state index contributed by atoms with van der Waals surface area (Å²) in [5.41, 5.74) is 0. The Labute approximate surface area is 89.0 Å². The van der Waals surface area contributed by atoms with Crippen LogP contribution >= 0.6 is 11.8 Å². The molecular weight excluding hydrogens is 200 g/mol. The number of nitrogens with one attached hydrogen (secondary N) is 1. The Kier molecular flexibility index (Phi) is 4.71. The maximum absolute atomic E-state index is 11.6. The maximum atomic E-state index is 11.6. The Balaban J connectivity index is 2.39. The van der Waals surface area contributed by atoms with Crippen molar-refractivity contribution in [1.82, 2.24) is 10.2 Å². The van der Waals surface area contributed by atoms with Crippen LogP contribution in [0.15, 0.2) is 0 Å². The molecule has 0 radical (unpaired) electrons. The number of β-amino-alcohol motifs (C(OH)–C–C–N with tert-alkyl or cyclic N) is 1. The molecule has 2 N–H and O–H groups in total. The lowest BCUT2D eigenvalue weighted by atomic mass is 10.2. The van der Waals surface area contributed by atoms with Gasteiger partial charge in [0.15, 0.2) is 0 Å². The van der Waals surface area contributed by atoms with E-state index in [0.717, 1.165) is 5.75 Å². The van der Waals surface area contributed by atoms with Crippen molar-refractivity contribution >= 4 is 17.7 Å². The molecule has 0 bridgehead atoms. The van der Waals surface area contributed by atoms with Gasteiger partial charge < -0.3 is 15.3 Å². The van der Waals surface area contributed by atoms with E-state index >= 15 is 0 Å². The van der Waals surface area contributed by atoms with Crippen LogP contribution < -0.4 is 5.32 Å². The minimum absolute atomic E-state index is 0.0515. The standard InChI is InChI=1S/C9H18N2O2S/c1-11(9(13)3-4-14-2)7-5-10-6-8(7)12/h7-8,10,12H,3-6H2,1-2H3. The summed E-state index contributed by atoms with van der Waals surface area (Å²) in [5, 5.41) is 12.6. The average molecular weight is 218 g/mol. The first-order valence-electron chi connectivity index (χ1n) is 4.80. The fourth-order valence-electron chi connectivity index (χ4n) is 1.60. The van der Waals surface area contributed by atoms with E-state index in [0.29, 0.717) is 19.5 Å². The van der Waals surface area contributed by atoms with E-state index in [4.69, 9.17) is 0 Å². The number of hydrogen-bond acceptors (Lipinski definition) is 4. The summed E-state index contributed by atoms with van der Waals surface area (Å²) in [4.78, 5) is 13.3. The molecule has 0 aromatic carbocycles. The molecule has 1 fully saturated rings. The number of carbonyl (C=O) groups is 1. The summed E-state index contributed by atoms with van der Waals surface area (Å²) in [6.07, 6.45) is 2.12. The van der Waals surface area contributed by atoms with E-state index in [1.165, 1.54) is 0 Å². The highest BCUT2D eigenvalue weighted by molar-refractivity contribution is 7.98. The Morgan fingerprint density at radius 3 is 2.86 bits per heavy atom. The number of amides is 1. The second kappa shape index (κ2) is 5.58. The second-order valence-corrected chi connectivity index (χ2v) is 4.53. The molecule has 2 atom stereocenters. The number of hydrogen-bond donors (Lipinski definition) is 2. The van der Waals surface area contributed by atoms with Gasteiger partial charge in [-0.15, -0.1) is 0 Å². The van der Waals surface area contributed by atoms with Crippen molar-refractivity contribution in [2.45, 2.75) is 18.6 Å². The van der Waals surface area contributed by atoms with Gasteiger partial charge in [0.1, 0.15) is 0 Å². The van der Waals surface area contributed by atoms with Crippen LogP contribution in [0.4, 0.5) is 0 Å². The highest BCUT2D eigenvalue weighted by Crippen LogP contribution is 2.09. The Bertz CT molecular complexity index is 201. The van der Waals surface area contributed by atoms with Crippen LogP contribution in [0.1, 0.15) is 6.42 Å². The number of likely N-dealkylation sites (N-methyl/N-ethyl adjacent to an activating group) is 1. The van der Waals surface area contributed by atoms with Crippen molar-refractivity contribution in [2.24, 2.45) is 0 Å². The van der Waals surface area contributed by atoms with Gasteiger partial charge in [0, 0.05) is 32.3 Å². The molecule has 0 spiro atoms. The number of carbonyl (C=O) groups excluding carboxylic acids is 1. The SMILES string of the molecule is CSCCC(=O)N(C)C1CNCC1O. The van der Waals surface area contributed by atoms with E-state index < -0.39 is 6.10 Å². The first kappa shape index (κ1) is 11.8. The molecule has 0 aliphatic carbocycles. The molecule has 82 valence electrons. The molecule has 1 aliphatic heterocycles. The first-order valence-corrected chi connectivity index (χ1v) is 6.19. The summed E-state index contributed by atoms with van der Waals surface area (Å²) in [5.74, 6) is 0.964. The highest BCUT2D eigenvalue weighted by Gasteiger charge is 2.30. The monoisotopic (exact) mass is 218 g/mol. The van der Waals surface area contributed by atoms with Crippen LogP contribution in [0.5, 0.6) is 0 Å². The summed E-state index contributed by atoms with van der Waals surface area (Å²) in [7, 11) is 1.77. The van der Waals surface area contributed by atoms with Gasteiger partial charge in [-0.2, -0.15) is 11.8 Å². The average Bonchev–Trinajstić information content (AvgIpc) is 2.59. The van der Waals surface area contributed by atoms with Gasteiger partial charge in [0.25, 0.3) is 0 Å². The van der Waals surface area contributed by atoms with Crippen molar-refractivity contribution < 1.29 is 9.90 Å². The molecule has 0 aromatic heterocycles. The summed E-state index contributed by atoms with van der Waals surface area (Å²) in [6.45, 7) is 1.29. The number of nitrogens with zero attached hydrogens (tertiary/aromatic N) is 1. The molecule has 1 amide bonds. The van der Waals surface area contributed by atoms with Crippen molar-refractivity contribution in [3.8, 4) is 0 Å². The number of aliphatic hydroxyl groups excluding tert-OH is 1. The zero-order valence-electron chi connectivity index (χ0n) is 8.69. The van der Waals surface area contributed by atoms with Gasteiger partial charge in [-0.3, -0.25) is 4.79 Å². The predicted octanol–water partition coefficient (Wildman–Crippen LogP) is -0.469. The van der Waals surface area contributed by atoms with Gasteiger partial charge in [-0.1, -0.05) is 0 Å². The molecule has 4 nitrogen and oxygen atoms in total. The maximum Gasteiger partial charge on any atom is 0.223 e. The van der Waals surface area contributed by atoms with E-state index in [-0.39, 0.29) is 11.9 Å². The minimum Gasteiger partial charge on any atom is -0.390 e. The predicted molar refractivity (Wildman–Crippen MR) is 58.4 cm³/mol. The van der Waals surface area contributed by atoms with Gasteiger partial charge >= 0.3 is 0 Å². The lowest BCUT2D eigenvalue weighted by Crippen LogP contribution is -2.44. The van der Waals surface area contributed by atoms with Gasteiger partial charge in [0.2, 0.25) is 5.91 Å². The van der Waals surface area contributed by atoms with Crippen molar-refractivity contribution in [1.29, 1.82) is 0 Å². The minimum atomic E-state index is -0.418. The van der Waals surface area contributed by atoms with Crippen molar-refractivity contribution in [3.05, 3.63) is 0 Å². The fourth-order valence-corrected chi connectivity index (χ4v) is 1.98. The van der Waals surface area contributed by atoms with Crippen molar-refractivity contribution in [3.63, 3.8) is 0 Å². The third-order valence-corrected chi connectivity index (χ3v) is 3.17. The quantitative estimate of drug-likeness (QED) is 0.670. The first-order chi connectivity index (χ1) is 6.66. The molecule has 0 saturated carbocycles. The molecule has 1 heterocycles. The van der Waals surface area contributed by atoms with Crippen LogP contribution in [-0.4, -0.2) is 60.2 Å². The molecule has 1 aliphatic rings. The number of thioether (sulfide) groups is 1. The zero-order chi connectivity index (χ0) is 10.6. The van der Waals surface area contributed by atoms with E-state index in [2.05, 4.69) is 5.32 Å². The lowest BCUT2D eigenvalue weighted by Gasteiger charge is -2.26. The fraction of sp³-hybridized carbons (Fsp3) is 0.889. The largest absolute Gasteiger partial charge is 0.390 e. The third kappa shape index (κ3) is 2.87. The van der Waals surface area contributed by atoms with Gasteiger partial charge in [0.05, 0.1) is 12.1 Å². The van der Waals surface area contributed by atoms with Crippen LogP contribution in [0.3, 0.4) is 0 Å². The Morgan fingerprint density at radius 1 is 1.64 bits per heavy atom. The molecule has 14 heavy (non-hydrogen) atoms. The topological polar surface area (TPSA) is 52.6 Å². The number of rotatable bonds is 4. The van der Waals surface area contributed by atoms with Gasteiger partial charge in [-0.05, 0) is 6.26 Å². The normalized spacial score (nSPS) is 26.5. The Hall–Kier alpha value is -0.260. The van der Waals surface area contributed by atoms with Crippen LogP contribution in [0, 0.1) is 0 Å². The zero-order valence-corrected chi connectivity index (χ0v) is 9.51. The lowest BCUT2D eigenvalue weighted by molar-refractivity contribution is -0.132. The molecule has 0 aromatic rings. The summed E-state index contributed by atoms with van der Waals surface area (Å²) in [6, 6.07) is -0.0515. The smallest absolute Gasteiger partial charge is 0.223 e. The summed E-state index contributed by atoms with van der Waals surface area (Å²) >= 11 is 1.67.